The number of rotatable bonds is 0. The van der Waals surface area contributed by atoms with Crippen LogP contribution in [0.15, 0.2) is 22.4 Å². The lowest BCUT2D eigenvalue weighted by Gasteiger charge is -1.98. The largest absolute Gasteiger partial charge is 0.398 e. The van der Waals surface area contributed by atoms with Crippen molar-refractivity contribution >= 4 is 39.7 Å². The molecule has 0 saturated heterocycles. The first-order valence-electron chi connectivity index (χ1n) is 3.65. The Morgan fingerprint density at radius 1 is 1.42 bits per heavy atom. The van der Waals surface area contributed by atoms with Crippen LogP contribution in [0.4, 0.5) is 5.69 Å². The van der Waals surface area contributed by atoms with Crippen LogP contribution >= 0.6 is 24.0 Å². The van der Waals surface area contributed by atoms with Crippen molar-refractivity contribution < 1.29 is 0 Å². The van der Waals surface area contributed by atoms with Gasteiger partial charge in [0.2, 0.25) is 0 Å². The van der Waals surface area contributed by atoms with Gasteiger partial charge >= 0.3 is 0 Å². The molecule has 0 radical (unpaired) electrons. The van der Waals surface area contributed by atoms with Gasteiger partial charge in [-0.15, -0.1) is 24.0 Å². The third-order valence-electron chi connectivity index (χ3n) is 1.92. The standard InChI is InChI=1S/C9H9NS2/c1-5-4-12-9-3-8(11)7(10)2-6(5)9/h2-4,11H,10H2,1H3. The van der Waals surface area contributed by atoms with Crippen LogP contribution in [0.25, 0.3) is 10.1 Å². The predicted molar refractivity (Wildman–Crippen MR) is 58.2 cm³/mol. The summed E-state index contributed by atoms with van der Waals surface area (Å²) in [7, 11) is 0. The molecule has 0 aliphatic heterocycles. The van der Waals surface area contributed by atoms with E-state index in [9.17, 15) is 0 Å². The monoisotopic (exact) mass is 195 g/mol. The zero-order valence-corrected chi connectivity index (χ0v) is 8.38. The Morgan fingerprint density at radius 2 is 2.17 bits per heavy atom. The van der Waals surface area contributed by atoms with Gasteiger partial charge in [-0.3, -0.25) is 0 Å². The van der Waals surface area contributed by atoms with Gasteiger partial charge in [-0.1, -0.05) is 0 Å². The van der Waals surface area contributed by atoms with Crippen molar-refractivity contribution in [3.63, 3.8) is 0 Å². The van der Waals surface area contributed by atoms with Crippen LogP contribution in [0.3, 0.4) is 0 Å². The Labute approximate surface area is 80.6 Å². The number of fused-ring (bicyclic) bond motifs is 1. The van der Waals surface area contributed by atoms with Gasteiger partial charge in [0.05, 0.1) is 0 Å². The summed E-state index contributed by atoms with van der Waals surface area (Å²) < 4.78 is 1.26. The molecule has 2 aromatic rings. The molecule has 0 aliphatic rings. The molecule has 0 fully saturated rings. The van der Waals surface area contributed by atoms with E-state index in [-0.39, 0.29) is 0 Å². The Bertz CT molecular complexity index is 431. The van der Waals surface area contributed by atoms with Gasteiger partial charge in [0.15, 0.2) is 0 Å². The topological polar surface area (TPSA) is 26.0 Å². The lowest BCUT2D eigenvalue weighted by Crippen LogP contribution is -1.85. The molecule has 2 N–H and O–H groups in total. The van der Waals surface area contributed by atoms with E-state index in [1.54, 1.807) is 11.3 Å². The van der Waals surface area contributed by atoms with E-state index in [1.807, 2.05) is 12.1 Å². The molecule has 0 spiro atoms. The number of anilines is 1. The molecule has 12 heavy (non-hydrogen) atoms. The fourth-order valence-corrected chi connectivity index (χ4v) is 2.45. The van der Waals surface area contributed by atoms with Crippen LogP contribution in [-0.4, -0.2) is 0 Å². The number of hydrogen-bond donors (Lipinski definition) is 2. The molecule has 0 bridgehead atoms. The molecular formula is C9H9NS2. The van der Waals surface area contributed by atoms with Crippen molar-refractivity contribution in [1.29, 1.82) is 0 Å². The molecule has 3 heteroatoms. The first-order valence-corrected chi connectivity index (χ1v) is 4.97. The van der Waals surface area contributed by atoms with Crippen molar-refractivity contribution in [2.75, 3.05) is 5.73 Å². The molecule has 2 rings (SSSR count). The first-order chi connectivity index (χ1) is 5.68. The van der Waals surface area contributed by atoms with Crippen LogP contribution in [0, 0.1) is 6.92 Å². The highest BCUT2D eigenvalue weighted by Crippen LogP contribution is 2.30. The maximum Gasteiger partial charge on any atom is 0.0456 e. The summed E-state index contributed by atoms with van der Waals surface area (Å²) in [5.74, 6) is 0. The summed E-state index contributed by atoms with van der Waals surface area (Å²) in [6, 6.07) is 4.01. The molecule has 0 amide bonds. The number of aryl methyl sites for hydroxylation is 1. The third kappa shape index (κ3) is 1.09. The second-order valence-electron chi connectivity index (χ2n) is 2.83. The summed E-state index contributed by atoms with van der Waals surface area (Å²) >= 11 is 6.00. The highest BCUT2D eigenvalue weighted by Gasteiger charge is 2.02. The molecule has 1 nitrogen and oxygen atoms in total. The molecule has 0 saturated carbocycles. The zero-order chi connectivity index (χ0) is 8.72. The smallest absolute Gasteiger partial charge is 0.0456 e. The van der Waals surface area contributed by atoms with Crippen molar-refractivity contribution in [2.45, 2.75) is 11.8 Å². The second kappa shape index (κ2) is 2.68. The highest BCUT2D eigenvalue weighted by molar-refractivity contribution is 7.80. The van der Waals surface area contributed by atoms with Crippen LogP contribution in [-0.2, 0) is 0 Å². The fourth-order valence-electron chi connectivity index (χ4n) is 1.21. The molecule has 0 atom stereocenters. The van der Waals surface area contributed by atoms with E-state index in [2.05, 4.69) is 24.9 Å². The molecule has 0 aliphatic carbocycles. The summed E-state index contributed by atoms with van der Waals surface area (Å²) in [5, 5.41) is 3.38. The highest BCUT2D eigenvalue weighted by atomic mass is 32.1. The number of hydrogen-bond acceptors (Lipinski definition) is 3. The van der Waals surface area contributed by atoms with Gasteiger partial charge in [-0.2, -0.15) is 0 Å². The molecule has 1 aromatic heterocycles. The SMILES string of the molecule is Cc1csc2cc(S)c(N)cc12. The zero-order valence-electron chi connectivity index (χ0n) is 6.66. The van der Waals surface area contributed by atoms with Crippen molar-refractivity contribution in [1.82, 2.24) is 0 Å². The van der Waals surface area contributed by atoms with Crippen LogP contribution in [0.5, 0.6) is 0 Å². The van der Waals surface area contributed by atoms with Crippen LogP contribution in [0.1, 0.15) is 5.56 Å². The van der Waals surface area contributed by atoms with Crippen molar-refractivity contribution in [3.8, 4) is 0 Å². The maximum absolute atomic E-state index is 5.74. The predicted octanol–water partition coefficient (Wildman–Crippen LogP) is 3.08. The van der Waals surface area contributed by atoms with Crippen molar-refractivity contribution in [3.05, 3.63) is 23.1 Å². The summed E-state index contributed by atoms with van der Waals surface area (Å²) in [4.78, 5) is 0.865. The fraction of sp³-hybridized carbons (Fsp3) is 0.111. The minimum absolute atomic E-state index is 0.757. The minimum Gasteiger partial charge on any atom is -0.398 e. The summed E-state index contributed by atoms with van der Waals surface area (Å²) in [6.07, 6.45) is 0. The number of thiophene rings is 1. The molecule has 1 aromatic carbocycles. The Balaban J connectivity index is 2.87. The Morgan fingerprint density at radius 3 is 2.92 bits per heavy atom. The number of nitrogens with two attached hydrogens (primary N) is 1. The lowest BCUT2D eigenvalue weighted by molar-refractivity contribution is 1.51. The molecule has 62 valence electrons. The van der Waals surface area contributed by atoms with Crippen LogP contribution in [0.2, 0.25) is 0 Å². The maximum atomic E-state index is 5.74. The average molecular weight is 195 g/mol. The van der Waals surface area contributed by atoms with E-state index in [1.165, 1.54) is 15.6 Å². The molecule has 0 unspecified atom stereocenters. The number of thiol groups is 1. The molecule has 1 heterocycles. The van der Waals surface area contributed by atoms with Crippen LogP contribution < -0.4 is 5.73 Å². The number of benzene rings is 1. The lowest BCUT2D eigenvalue weighted by atomic mass is 10.2. The Hall–Kier alpha value is -0.670. The van der Waals surface area contributed by atoms with Crippen molar-refractivity contribution in [2.24, 2.45) is 0 Å². The van der Waals surface area contributed by atoms with Gasteiger partial charge in [-0.05, 0) is 35.4 Å². The van der Waals surface area contributed by atoms with E-state index < -0.39 is 0 Å². The quantitative estimate of drug-likeness (QED) is 0.490. The average Bonchev–Trinajstić information content (AvgIpc) is 2.35. The van der Waals surface area contributed by atoms with E-state index in [0.29, 0.717) is 0 Å². The first kappa shape index (κ1) is 7.95. The van der Waals surface area contributed by atoms with E-state index >= 15 is 0 Å². The van der Waals surface area contributed by atoms with Gasteiger partial charge in [0.1, 0.15) is 0 Å². The van der Waals surface area contributed by atoms with Gasteiger partial charge in [0.25, 0.3) is 0 Å². The van der Waals surface area contributed by atoms with Gasteiger partial charge < -0.3 is 5.73 Å². The normalized spacial score (nSPS) is 10.8. The summed E-state index contributed by atoms with van der Waals surface area (Å²) in [5.41, 5.74) is 7.79. The minimum atomic E-state index is 0.757. The molecular weight excluding hydrogens is 186 g/mol. The summed E-state index contributed by atoms with van der Waals surface area (Å²) in [6.45, 7) is 2.09. The number of nitrogen functional groups attached to an aromatic ring is 1. The third-order valence-corrected chi connectivity index (χ3v) is 3.37. The van der Waals surface area contributed by atoms with Gasteiger partial charge in [0, 0.05) is 15.3 Å². The van der Waals surface area contributed by atoms with Gasteiger partial charge in [-0.25, -0.2) is 0 Å². The Kier molecular flexibility index (Phi) is 1.77. The second-order valence-corrected chi connectivity index (χ2v) is 4.22. The van der Waals surface area contributed by atoms with E-state index in [4.69, 9.17) is 5.73 Å². The van der Waals surface area contributed by atoms with E-state index in [0.717, 1.165) is 10.6 Å².